The second-order valence-electron chi connectivity index (χ2n) is 6.32. The number of aryl methyl sites for hydroxylation is 1. The van der Waals surface area contributed by atoms with Crippen LogP contribution in [0, 0.1) is 6.92 Å². The van der Waals surface area contributed by atoms with E-state index < -0.39 is 22.0 Å². The van der Waals surface area contributed by atoms with E-state index in [-0.39, 0.29) is 16.7 Å². The van der Waals surface area contributed by atoms with Crippen LogP contribution in [0.1, 0.15) is 12.5 Å². The number of hydrogen-bond acceptors (Lipinski definition) is 7. The van der Waals surface area contributed by atoms with Crippen LogP contribution in [-0.4, -0.2) is 52.4 Å². The van der Waals surface area contributed by atoms with Crippen molar-refractivity contribution in [2.24, 2.45) is 0 Å². The fraction of sp³-hybridized carbons (Fsp3) is 0.333. The van der Waals surface area contributed by atoms with Gasteiger partial charge in [0.15, 0.2) is 0 Å². The van der Waals surface area contributed by atoms with E-state index in [1.807, 2.05) is 0 Å². The van der Waals surface area contributed by atoms with Crippen LogP contribution in [0.4, 0.5) is 0 Å². The van der Waals surface area contributed by atoms with E-state index >= 15 is 0 Å². The summed E-state index contributed by atoms with van der Waals surface area (Å²) in [5.41, 5.74) is 2.09. The average Bonchev–Trinajstić information content (AvgIpc) is 2.68. The molecule has 2 unspecified atom stereocenters. The van der Waals surface area contributed by atoms with Crippen LogP contribution < -0.4 is 10.2 Å². The van der Waals surface area contributed by atoms with Crippen molar-refractivity contribution >= 4 is 27.7 Å². The molecule has 2 atom stereocenters. The molecule has 0 saturated carbocycles. The number of sulfonamides is 1. The lowest BCUT2D eigenvalue weighted by Crippen LogP contribution is -2.56. The molecule has 0 radical (unpaired) electrons. The molecule has 28 heavy (non-hydrogen) atoms. The van der Waals surface area contributed by atoms with E-state index in [1.54, 1.807) is 56.0 Å². The first-order chi connectivity index (χ1) is 13.3. The SMILES string of the molecule is Cc1cc(Oc2ccncc2)ccc1S(=O)(=O)N1CCSC(C)C1C(=O)NO. The Labute approximate surface area is 167 Å². The van der Waals surface area contributed by atoms with E-state index in [4.69, 9.17) is 9.94 Å². The number of hydroxylamine groups is 1. The molecule has 3 rings (SSSR count). The van der Waals surface area contributed by atoms with Crippen molar-refractivity contribution in [2.45, 2.75) is 30.0 Å². The normalized spacial score (nSPS) is 20.5. The van der Waals surface area contributed by atoms with Gasteiger partial charge in [0, 0.05) is 29.9 Å². The molecule has 150 valence electrons. The molecule has 0 bridgehead atoms. The van der Waals surface area contributed by atoms with Crippen molar-refractivity contribution in [2.75, 3.05) is 12.3 Å². The topological polar surface area (TPSA) is 109 Å². The lowest BCUT2D eigenvalue weighted by Gasteiger charge is -2.37. The standard InChI is InChI=1S/C18H21N3O5S2/c1-12-11-15(26-14-5-7-19-8-6-14)3-4-16(12)28(24,25)21-9-10-27-13(2)17(21)18(22)20-23/h3-8,11,13,17,23H,9-10H2,1-2H3,(H,20,22). The zero-order chi connectivity index (χ0) is 20.3. The maximum Gasteiger partial charge on any atom is 0.262 e. The van der Waals surface area contributed by atoms with Gasteiger partial charge in [0.05, 0.1) is 4.90 Å². The van der Waals surface area contributed by atoms with E-state index in [1.165, 1.54) is 17.8 Å². The van der Waals surface area contributed by atoms with E-state index in [9.17, 15) is 13.2 Å². The molecule has 1 aromatic carbocycles. The van der Waals surface area contributed by atoms with Gasteiger partial charge < -0.3 is 4.74 Å². The summed E-state index contributed by atoms with van der Waals surface area (Å²) in [5, 5.41) is 8.75. The third kappa shape index (κ3) is 4.14. The van der Waals surface area contributed by atoms with Gasteiger partial charge in [-0.25, -0.2) is 13.9 Å². The number of amides is 1. The molecule has 1 aliphatic rings. The Balaban J connectivity index is 1.91. The average molecular weight is 424 g/mol. The summed E-state index contributed by atoms with van der Waals surface area (Å²) in [6, 6.07) is 7.10. The number of aromatic nitrogens is 1. The monoisotopic (exact) mass is 423 g/mol. The Bertz CT molecular complexity index is 953. The molecule has 1 aliphatic heterocycles. The fourth-order valence-electron chi connectivity index (χ4n) is 3.12. The van der Waals surface area contributed by atoms with Crippen LogP contribution in [0.25, 0.3) is 0 Å². The maximum atomic E-state index is 13.3. The van der Waals surface area contributed by atoms with E-state index in [0.29, 0.717) is 22.8 Å². The highest BCUT2D eigenvalue weighted by Gasteiger charge is 2.42. The molecule has 1 amide bonds. The highest BCUT2D eigenvalue weighted by Crippen LogP contribution is 2.32. The minimum atomic E-state index is -3.94. The largest absolute Gasteiger partial charge is 0.457 e. The van der Waals surface area contributed by atoms with Gasteiger partial charge >= 0.3 is 0 Å². The molecule has 0 spiro atoms. The summed E-state index contributed by atoms with van der Waals surface area (Å²) >= 11 is 1.49. The number of rotatable bonds is 5. The Morgan fingerprint density at radius 3 is 2.64 bits per heavy atom. The molecule has 1 fully saturated rings. The van der Waals surface area contributed by atoms with Gasteiger partial charge in [-0.1, -0.05) is 6.92 Å². The summed E-state index contributed by atoms with van der Waals surface area (Å²) in [6.07, 6.45) is 3.20. The number of carbonyl (C=O) groups is 1. The van der Waals surface area contributed by atoms with Gasteiger partial charge in [0.25, 0.3) is 5.91 Å². The highest BCUT2D eigenvalue weighted by atomic mass is 32.2. The van der Waals surface area contributed by atoms with Crippen molar-refractivity contribution in [1.29, 1.82) is 0 Å². The van der Waals surface area contributed by atoms with Gasteiger partial charge in [-0.15, -0.1) is 0 Å². The maximum absolute atomic E-state index is 13.3. The first-order valence-corrected chi connectivity index (χ1v) is 11.1. The van der Waals surface area contributed by atoms with Crippen LogP contribution in [0.2, 0.25) is 0 Å². The number of ether oxygens (including phenoxy) is 1. The quantitative estimate of drug-likeness (QED) is 0.560. The highest BCUT2D eigenvalue weighted by molar-refractivity contribution is 8.00. The van der Waals surface area contributed by atoms with Crippen molar-refractivity contribution in [3.63, 3.8) is 0 Å². The number of nitrogens with zero attached hydrogens (tertiary/aromatic N) is 2. The lowest BCUT2D eigenvalue weighted by molar-refractivity contribution is -0.133. The number of benzene rings is 1. The summed E-state index contributed by atoms with van der Waals surface area (Å²) in [5.74, 6) is 0.915. The Morgan fingerprint density at radius 2 is 2.00 bits per heavy atom. The van der Waals surface area contributed by atoms with Crippen LogP contribution in [0.15, 0.2) is 47.6 Å². The van der Waals surface area contributed by atoms with Gasteiger partial charge in [-0.2, -0.15) is 16.1 Å². The molecule has 2 heterocycles. The van der Waals surface area contributed by atoms with Crippen molar-refractivity contribution in [3.05, 3.63) is 48.3 Å². The smallest absolute Gasteiger partial charge is 0.262 e. The van der Waals surface area contributed by atoms with Gasteiger partial charge in [0.2, 0.25) is 10.0 Å². The molecule has 10 heteroatoms. The molecule has 2 N–H and O–H groups in total. The van der Waals surface area contributed by atoms with Crippen molar-refractivity contribution < 1.29 is 23.2 Å². The van der Waals surface area contributed by atoms with Gasteiger partial charge in [-0.3, -0.25) is 15.0 Å². The Kier molecular flexibility index (Phi) is 6.23. The van der Waals surface area contributed by atoms with Crippen LogP contribution in [0.3, 0.4) is 0 Å². The summed E-state index contributed by atoms with van der Waals surface area (Å²) in [4.78, 5) is 16.1. The molecular formula is C18H21N3O5S2. The molecule has 0 aliphatic carbocycles. The second kappa shape index (κ2) is 8.48. The first kappa shape index (κ1) is 20.6. The third-order valence-corrected chi connectivity index (χ3v) is 7.69. The van der Waals surface area contributed by atoms with E-state index in [0.717, 1.165) is 4.31 Å². The van der Waals surface area contributed by atoms with Crippen molar-refractivity contribution in [1.82, 2.24) is 14.8 Å². The first-order valence-electron chi connectivity index (χ1n) is 8.60. The summed E-state index contributed by atoms with van der Waals surface area (Å²) in [6.45, 7) is 3.63. The predicted octanol–water partition coefficient (Wildman–Crippen LogP) is 2.18. The number of pyridine rings is 1. The van der Waals surface area contributed by atoms with Crippen molar-refractivity contribution in [3.8, 4) is 11.5 Å². The van der Waals surface area contributed by atoms with Gasteiger partial charge in [0.1, 0.15) is 17.5 Å². The van der Waals surface area contributed by atoms with Crippen LogP contribution in [0.5, 0.6) is 11.5 Å². The summed E-state index contributed by atoms with van der Waals surface area (Å²) < 4.78 is 33.4. The Morgan fingerprint density at radius 1 is 1.29 bits per heavy atom. The zero-order valence-corrected chi connectivity index (χ0v) is 17.0. The third-order valence-electron chi connectivity index (χ3n) is 4.44. The molecular weight excluding hydrogens is 402 g/mol. The molecule has 8 nitrogen and oxygen atoms in total. The molecule has 1 aromatic heterocycles. The number of carbonyl (C=O) groups excluding carboxylic acids is 1. The minimum Gasteiger partial charge on any atom is -0.457 e. The number of hydrogen-bond donors (Lipinski definition) is 2. The fourth-order valence-corrected chi connectivity index (χ4v) is 6.30. The zero-order valence-electron chi connectivity index (χ0n) is 15.4. The lowest BCUT2D eigenvalue weighted by atomic mass is 10.2. The predicted molar refractivity (Wildman–Crippen MR) is 105 cm³/mol. The molecule has 1 saturated heterocycles. The summed E-state index contributed by atoms with van der Waals surface area (Å²) in [7, 11) is -3.94. The van der Waals surface area contributed by atoms with Crippen LogP contribution >= 0.6 is 11.8 Å². The minimum absolute atomic E-state index is 0.101. The Hall–Kier alpha value is -2.14. The van der Waals surface area contributed by atoms with Crippen LogP contribution in [-0.2, 0) is 14.8 Å². The van der Waals surface area contributed by atoms with E-state index in [2.05, 4.69) is 4.98 Å². The number of nitrogens with one attached hydrogen (secondary N) is 1. The van der Waals surface area contributed by atoms with Gasteiger partial charge in [-0.05, 0) is 42.8 Å². The number of thioether (sulfide) groups is 1. The molecule has 2 aromatic rings. The second-order valence-corrected chi connectivity index (χ2v) is 9.67.